The fourth-order valence-electron chi connectivity index (χ4n) is 1.94. The molecule has 5 heteroatoms. The van der Waals surface area contributed by atoms with Crippen molar-refractivity contribution in [1.29, 1.82) is 0 Å². The number of para-hydroxylation sites is 2. The van der Waals surface area contributed by atoms with Crippen LogP contribution in [-0.4, -0.2) is 12.5 Å². The highest BCUT2D eigenvalue weighted by atomic mass is 79.9. The molecule has 0 spiro atoms. The van der Waals surface area contributed by atoms with Gasteiger partial charge in [-0.15, -0.1) is 0 Å². The Morgan fingerprint density at radius 1 is 1.27 bits per heavy atom. The molecule has 2 aromatic carbocycles. The highest BCUT2D eigenvalue weighted by Gasteiger charge is 2.09. The van der Waals surface area contributed by atoms with Crippen molar-refractivity contribution in [1.82, 2.24) is 0 Å². The predicted molar refractivity (Wildman–Crippen MR) is 88.7 cm³/mol. The van der Waals surface area contributed by atoms with Gasteiger partial charge in [0.2, 0.25) is 5.91 Å². The van der Waals surface area contributed by atoms with Gasteiger partial charge in [-0.25, -0.2) is 4.39 Å². The van der Waals surface area contributed by atoms with Crippen LogP contribution in [0.25, 0.3) is 0 Å². The number of hydrogen-bond donors (Lipinski definition) is 1. The first kappa shape index (κ1) is 16.5. The minimum Gasteiger partial charge on any atom is -0.491 e. The third-order valence-corrected chi connectivity index (χ3v) is 3.58. The van der Waals surface area contributed by atoms with E-state index < -0.39 is 0 Å². The summed E-state index contributed by atoms with van der Waals surface area (Å²) in [6.07, 6.45) is 1.06. The molecule has 2 rings (SSSR count). The van der Waals surface area contributed by atoms with E-state index in [-0.39, 0.29) is 18.1 Å². The Bertz CT molecular complexity index is 661. The second-order valence-corrected chi connectivity index (χ2v) is 5.67. The number of hydrogen-bond acceptors (Lipinski definition) is 2. The summed E-state index contributed by atoms with van der Waals surface area (Å²) >= 11 is 3.12. The normalized spacial score (nSPS) is 10.3. The highest BCUT2D eigenvalue weighted by Crippen LogP contribution is 2.24. The zero-order valence-electron chi connectivity index (χ0n) is 12.2. The molecule has 0 radical (unpaired) electrons. The van der Waals surface area contributed by atoms with Gasteiger partial charge >= 0.3 is 0 Å². The first-order valence-electron chi connectivity index (χ1n) is 7.05. The maximum absolute atomic E-state index is 13.2. The third kappa shape index (κ3) is 4.56. The molecule has 0 aliphatic rings. The molecular formula is C17H17BrFNO2. The van der Waals surface area contributed by atoms with E-state index in [0.717, 1.165) is 12.0 Å². The Morgan fingerprint density at radius 3 is 2.77 bits per heavy atom. The summed E-state index contributed by atoms with van der Waals surface area (Å²) in [5.41, 5.74) is 1.37. The third-order valence-electron chi connectivity index (χ3n) is 2.97. The minimum atomic E-state index is -0.345. The van der Waals surface area contributed by atoms with Gasteiger partial charge in [0.1, 0.15) is 11.6 Å². The van der Waals surface area contributed by atoms with E-state index >= 15 is 0 Å². The van der Waals surface area contributed by atoms with Crippen LogP contribution >= 0.6 is 15.9 Å². The molecule has 1 amide bonds. The molecule has 0 unspecified atom stereocenters. The maximum Gasteiger partial charge on any atom is 0.228 e. The van der Waals surface area contributed by atoms with E-state index in [1.807, 2.05) is 25.1 Å². The molecule has 3 nitrogen and oxygen atoms in total. The Morgan fingerprint density at radius 2 is 2.05 bits per heavy atom. The highest BCUT2D eigenvalue weighted by molar-refractivity contribution is 9.10. The standard InChI is InChI=1S/C17H17BrFNO2/c1-2-9-22-16-6-4-3-5-15(16)20-17(21)11-12-7-8-14(19)13(18)10-12/h3-8,10H,2,9,11H2,1H3,(H,20,21). The summed E-state index contributed by atoms with van der Waals surface area (Å²) in [4.78, 5) is 12.1. The molecule has 0 saturated carbocycles. The Hall–Kier alpha value is -1.88. The van der Waals surface area contributed by atoms with Gasteiger partial charge in [-0.2, -0.15) is 0 Å². The minimum absolute atomic E-state index is 0.168. The van der Waals surface area contributed by atoms with Crippen molar-refractivity contribution in [3.05, 3.63) is 58.3 Å². The van der Waals surface area contributed by atoms with E-state index in [1.54, 1.807) is 18.2 Å². The van der Waals surface area contributed by atoms with Crippen molar-refractivity contribution in [2.24, 2.45) is 0 Å². The molecular weight excluding hydrogens is 349 g/mol. The van der Waals surface area contributed by atoms with E-state index in [1.165, 1.54) is 6.07 Å². The zero-order valence-corrected chi connectivity index (χ0v) is 13.8. The lowest BCUT2D eigenvalue weighted by molar-refractivity contribution is -0.115. The molecule has 0 bridgehead atoms. The summed E-state index contributed by atoms with van der Waals surface area (Å²) in [6.45, 7) is 2.62. The van der Waals surface area contributed by atoms with Gasteiger partial charge in [-0.1, -0.05) is 25.1 Å². The lowest BCUT2D eigenvalue weighted by Crippen LogP contribution is -2.15. The number of benzene rings is 2. The number of rotatable bonds is 6. The van der Waals surface area contributed by atoms with Crippen molar-refractivity contribution < 1.29 is 13.9 Å². The van der Waals surface area contributed by atoms with Gasteiger partial charge in [0, 0.05) is 0 Å². The van der Waals surface area contributed by atoms with Gasteiger partial charge in [0.15, 0.2) is 0 Å². The van der Waals surface area contributed by atoms with Crippen LogP contribution in [0.3, 0.4) is 0 Å². The van der Waals surface area contributed by atoms with Gasteiger partial charge < -0.3 is 10.1 Å². The van der Waals surface area contributed by atoms with Crippen molar-refractivity contribution in [3.63, 3.8) is 0 Å². The van der Waals surface area contributed by atoms with E-state index in [9.17, 15) is 9.18 Å². The number of halogens is 2. The van der Waals surface area contributed by atoms with Crippen LogP contribution in [-0.2, 0) is 11.2 Å². The topological polar surface area (TPSA) is 38.3 Å². The lowest BCUT2D eigenvalue weighted by atomic mass is 10.1. The van der Waals surface area contributed by atoms with Crippen LogP contribution in [0.5, 0.6) is 5.75 Å². The molecule has 22 heavy (non-hydrogen) atoms. The number of anilines is 1. The first-order chi connectivity index (χ1) is 10.6. The summed E-state index contributed by atoms with van der Waals surface area (Å²) in [5, 5.41) is 2.83. The van der Waals surface area contributed by atoms with Gasteiger partial charge in [0.25, 0.3) is 0 Å². The van der Waals surface area contributed by atoms with E-state index in [0.29, 0.717) is 22.5 Å². The average molecular weight is 366 g/mol. The molecule has 1 N–H and O–H groups in total. The SMILES string of the molecule is CCCOc1ccccc1NC(=O)Cc1ccc(F)c(Br)c1. The number of nitrogens with one attached hydrogen (secondary N) is 1. The lowest BCUT2D eigenvalue weighted by Gasteiger charge is -2.12. The Labute approximate surface area is 137 Å². The van der Waals surface area contributed by atoms with E-state index in [2.05, 4.69) is 21.2 Å². The maximum atomic E-state index is 13.2. The summed E-state index contributed by atoms with van der Waals surface area (Å²) in [6, 6.07) is 11.8. The number of carbonyl (C=O) groups excluding carboxylic acids is 1. The molecule has 0 aromatic heterocycles. The molecule has 0 saturated heterocycles. The molecule has 116 valence electrons. The molecule has 0 fully saturated rings. The van der Waals surface area contributed by atoms with Crippen LogP contribution in [0.15, 0.2) is 46.9 Å². The molecule has 0 aliphatic heterocycles. The van der Waals surface area contributed by atoms with Crippen molar-refractivity contribution in [2.45, 2.75) is 19.8 Å². The van der Waals surface area contributed by atoms with Crippen LogP contribution in [0.1, 0.15) is 18.9 Å². The van der Waals surface area contributed by atoms with Crippen LogP contribution < -0.4 is 10.1 Å². The average Bonchev–Trinajstić information content (AvgIpc) is 2.50. The van der Waals surface area contributed by atoms with Crippen molar-refractivity contribution in [2.75, 3.05) is 11.9 Å². The number of carbonyl (C=O) groups is 1. The summed E-state index contributed by atoms with van der Waals surface area (Å²) in [7, 11) is 0. The van der Waals surface area contributed by atoms with Gasteiger partial charge in [0.05, 0.1) is 23.2 Å². The monoisotopic (exact) mass is 365 g/mol. The summed E-state index contributed by atoms with van der Waals surface area (Å²) in [5.74, 6) is 0.131. The van der Waals surface area contributed by atoms with Crippen LogP contribution in [0.4, 0.5) is 10.1 Å². The zero-order chi connectivity index (χ0) is 15.9. The molecule has 0 heterocycles. The Kier molecular flexibility index (Phi) is 5.95. The van der Waals surface area contributed by atoms with E-state index in [4.69, 9.17) is 4.74 Å². The molecule has 0 atom stereocenters. The van der Waals surface area contributed by atoms with Crippen LogP contribution in [0.2, 0.25) is 0 Å². The van der Waals surface area contributed by atoms with Crippen molar-refractivity contribution in [3.8, 4) is 5.75 Å². The molecule has 0 aliphatic carbocycles. The Balaban J connectivity index is 2.04. The second kappa shape index (κ2) is 7.94. The number of amides is 1. The van der Waals surface area contributed by atoms with Crippen LogP contribution in [0, 0.1) is 5.82 Å². The van der Waals surface area contributed by atoms with Gasteiger partial charge in [-0.05, 0) is 52.2 Å². The fraction of sp³-hybridized carbons (Fsp3) is 0.235. The fourth-order valence-corrected chi connectivity index (χ4v) is 2.36. The van der Waals surface area contributed by atoms with Gasteiger partial charge in [-0.3, -0.25) is 4.79 Å². The first-order valence-corrected chi connectivity index (χ1v) is 7.85. The summed E-state index contributed by atoms with van der Waals surface area (Å²) < 4.78 is 19.1. The molecule has 2 aromatic rings. The number of ether oxygens (including phenoxy) is 1. The smallest absolute Gasteiger partial charge is 0.228 e. The predicted octanol–water partition coefficient (Wildman–Crippen LogP) is 4.56. The second-order valence-electron chi connectivity index (χ2n) is 4.82. The van der Waals surface area contributed by atoms with Crippen molar-refractivity contribution >= 4 is 27.5 Å². The quantitative estimate of drug-likeness (QED) is 0.814. The largest absolute Gasteiger partial charge is 0.491 e.